The Bertz CT molecular complexity index is 1370. The predicted octanol–water partition coefficient (Wildman–Crippen LogP) is 1.75. The monoisotopic (exact) mass is 467 g/mol. The number of hydrogen-bond acceptors (Lipinski definition) is 10. The number of rotatable bonds is 6. The summed E-state index contributed by atoms with van der Waals surface area (Å²) in [6.07, 6.45) is 1.80. The van der Waals surface area contributed by atoms with E-state index in [9.17, 15) is 10.1 Å². The number of carbonyl (C=O) groups is 1. The van der Waals surface area contributed by atoms with Crippen LogP contribution in [-0.4, -0.2) is 23.5 Å². The Balaban J connectivity index is 1.62. The molecular weight excluding hydrogens is 446 g/mol. The first-order chi connectivity index (χ1) is 17.0. The van der Waals surface area contributed by atoms with Crippen molar-refractivity contribution in [2.24, 2.45) is 4.99 Å². The fraction of sp³-hybridized carbons (Fsp3) is 0.125. The first-order valence-corrected chi connectivity index (χ1v) is 10.5. The number of carbonyl (C=O) groups excluding carboxylic acids is 1. The molecule has 2 heterocycles. The molecule has 1 aliphatic rings. The van der Waals surface area contributed by atoms with Crippen molar-refractivity contribution in [2.45, 2.75) is 12.6 Å². The lowest BCUT2D eigenvalue weighted by molar-refractivity contribution is -0.123. The molecule has 174 valence electrons. The van der Waals surface area contributed by atoms with E-state index in [0.717, 1.165) is 5.56 Å². The number of guanidine groups is 1. The summed E-state index contributed by atoms with van der Waals surface area (Å²) in [7, 11) is 0. The number of ether oxygens (including phenoxy) is 1. The van der Waals surface area contributed by atoms with Gasteiger partial charge in [-0.05, 0) is 11.6 Å². The van der Waals surface area contributed by atoms with Gasteiger partial charge in [0.25, 0.3) is 5.91 Å². The largest absolute Gasteiger partial charge is 0.483 e. The SMILES string of the molecule is N#CNC1=NC(c2ccccc2OCC(=O)NCc2ccccc2)c2c(nc(N)c(C#N)c2N)N1. The maximum atomic E-state index is 12.4. The summed E-state index contributed by atoms with van der Waals surface area (Å²) < 4.78 is 5.83. The maximum Gasteiger partial charge on any atom is 0.258 e. The molecule has 0 radical (unpaired) electrons. The van der Waals surface area contributed by atoms with Crippen LogP contribution in [0.3, 0.4) is 0 Å². The van der Waals surface area contributed by atoms with E-state index in [0.29, 0.717) is 23.4 Å². The molecule has 35 heavy (non-hydrogen) atoms. The third-order valence-electron chi connectivity index (χ3n) is 5.26. The van der Waals surface area contributed by atoms with Gasteiger partial charge in [-0.2, -0.15) is 10.5 Å². The van der Waals surface area contributed by atoms with Crippen LogP contribution in [0.1, 0.15) is 28.3 Å². The van der Waals surface area contributed by atoms with Crippen LogP contribution in [0.25, 0.3) is 0 Å². The molecule has 0 saturated carbocycles. The molecule has 0 fully saturated rings. The number of benzene rings is 2. The summed E-state index contributed by atoms with van der Waals surface area (Å²) in [6.45, 7) is 0.147. The molecule has 1 amide bonds. The Morgan fingerprint density at radius 2 is 1.86 bits per heavy atom. The highest BCUT2D eigenvalue weighted by molar-refractivity contribution is 5.98. The third kappa shape index (κ3) is 4.89. The molecule has 11 heteroatoms. The first kappa shape index (κ1) is 22.9. The van der Waals surface area contributed by atoms with Gasteiger partial charge < -0.3 is 26.8 Å². The van der Waals surface area contributed by atoms with Crippen molar-refractivity contribution in [1.29, 1.82) is 10.5 Å². The van der Waals surface area contributed by atoms with Gasteiger partial charge in [-0.1, -0.05) is 48.5 Å². The summed E-state index contributed by atoms with van der Waals surface area (Å²) in [5.74, 6) is 0.414. The van der Waals surface area contributed by atoms with E-state index in [1.165, 1.54) is 0 Å². The second-order valence-corrected chi connectivity index (χ2v) is 7.49. The number of hydrogen-bond donors (Lipinski definition) is 5. The van der Waals surface area contributed by atoms with E-state index in [4.69, 9.17) is 21.5 Å². The van der Waals surface area contributed by atoms with Crippen LogP contribution in [0.15, 0.2) is 59.6 Å². The minimum Gasteiger partial charge on any atom is -0.483 e. The lowest BCUT2D eigenvalue weighted by Gasteiger charge is -2.27. The molecule has 0 aliphatic carbocycles. The van der Waals surface area contributed by atoms with Crippen molar-refractivity contribution in [1.82, 2.24) is 15.6 Å². The number of pyridine rings is 1. The number of aliphatic imine (C=N–C) groups is 1. The average Bonchev–Trinajstić information content (AvgIpc) is 2.87. The molecule has 2 aromatic carbocycles. The summed E-state index contributed by atoms with van der Waals surface area (Å²) in [6, 6.07) is 17.7. The second kappa shape index (κ2) is 10.1. The van der Waals surface area contributed by atoms with Gasteiger partial charge in [0.2, 0.25) is 5.96 Å². The van der Waals surface area contributed by atoms with E-state index < -0.39 is 6.04 Å². The summed E-state index contributed by atoms with van der Waals surface area (Å²) in [5, 5.41) is 26.7. The molecule has 3 aromatic rings. The van der Waals surface area contributed by atoms with Gasteiger partial charge in [-0.15, -0.1) is 0 Å². The fourth-order valence-electron chi connectivity index (χ4n) is 3.63. The number of para-hydroxylation sites is 1. The molecule has 1 aliphatic heterocycles. The summed E-state index contributed by atoms with van der Waals surface area (Å²) >= 11 is 0. The van der Waals surface area contributed by atoms with E-state index in [2.05, 4.69) is 25.9 Å². The number of nitrogens with one attached hydrogen (secondary N) is 3. The summed E-state index contributed by atoms with van der Waals surface area (Å²) in [4.78, 5) is 21.2. The Hall–Kier alpha value is -5.29. The number of nitriles is 2. The molecule has 4 rings (SSSR count). The highest BCUT2D eigenvalue weighted by Gasteiger charge is 2.31. The minimum absolute atomic E-state index is 0.0288. The van der Waals surface area contributed by atoms with Gasteiger partial charge in [0.05, 0.1) is 5.69 Å². The Labute approximate surface area is 201 Å². The van der Waals surface area contributed by atoms with E-state index >= 15 is 0 Å². The van der Waals surface area contributed by atoms with Gasteiger partial charge in [0.15, 0.2) is 12.8 Å². The molecule has 7 N–H and O–H groups in total. The smallest absolute Gasteiger partial charge is 0.258 e. The van der Waals surface area contributed by atoms with Crippen molar-refractivity contribution in [2.75, 3.05) is 23.4 Å². The number of amides is 1. The molecule has 0 bridgehead atoms. The normalized spacial score (nSPS) is 13.8. The van der Waals surface area contributed by atoms with Crippen LogP contribution in [0.5, 0.6) is 5.75 Å². The Morgan fingerprint density at radius 3 is 2.60 bits per heavy atom. The number of nitrogen functional groups attached to an aromatic ring is 2. The van der Waals surface area contributed by atoms with Gasteiger partial charge in [0.1, 0.15) is 35.1 Å². The average molecular weight is 467 g/mol. The van der Waals surface area contributed by atoms with Crippen LogP contribution in [0.2, 0.25) is 0 Å². The van der Waals surface area contributed by atoms with Gasteiger partial charge in [-0.25, -0.2) is 9.98 Å². The van der Waals surface area contributed by atoms with Crippen molar-refractivity contribution < 1.29 is 9.53 Å². The quantitative estimate of drug-likeness (QED) is 0.266. The zero-order valence-electron chi connectivity index (χ0n) is 18.4. The number of fused-ring (bicyclic) bond motifs is 1. The van der Waals surface area contributed by atoms with Crippen LogP contribution in [0, 0.1) is 22.8 Å². The topological polar surface area (TPSA) is 187 Å². The highest BCUT2D eigenvalue weighted by Crippen LogP contribution is 2.43. The number of nitrogens with zero attached hydrogens (tertiary/aromatic N) is 4. The van der Waals surface area contributed by atoms with Crippen molar-refractivity contribution in [3.8, 4) is 18.0 Å². The first-order valence-electron chi connectivity index (χ1n) is 10.5. The standard InChI is InChI=1S/C24H21N9O2/c25-10-16-20(27)19-21(31-24(30-13-26)33-23(19)32-22(16)28)15-8-4-5-9-17(15)35-12-18(34)29-11-14-6-2-1-3-7-14/h1-9,21H,11-12H2,(H,29,34)(H6,27,28,30,31,32,33). The second-order valence-electron chi connectivity index (χ2n) is 7.49. The number of nitrogens with two attached hydrogens (primary N) is 2. The summed E-state index contributed by atoms with van der Waals surface area (Å²) in [5.41, 5.74) is 14.3. The van der Waals surface area contributed by atoms with Crippen LogP contribution in [0.4, 0.5) is 17.3 Å². The molecule has 1 unspecified atom stereocenters. The molecule has 0 saturated heterocycles. The molecule has 11 nitrogen and oxygen atoms in total. The Morgan fingerprint density at radius 1 is 1.11 bits per heavy atom. The highest BCUT2D eigenvalue weighted by atomic mass is 16.5. The van der Waals surface area contributed by atoms with Crippen LogP contribution >= 0.6 is 0 Å². The van der Waals surface area contributed by atoms with Gasteiger partial charge >= 0.3 is 0 Å². The lowest BCUT2D eigenvalue weighted by atomic mass is 9.94. The molecule has 1 atom stereocenters. The molecular formula is C24H21N9O2. The van der Waals surface area contributed by atoms with Gasteiger partial charge in [-0.3, -0.25) is 10.1 Å². The zero-order chi connectivity index (χ0) is 24.8. The number of anilines is 3. The molecule has 0 spiro atoms. The van der Waals surface area contributed by atoms with Crippen LogP contribution in [-0.2, 0) is 11.3 Å². The lowest BCUT2D eigenvalue weighted by Crippen LogP contribution is -2.33. The van der Waals surface area contributed by atoms with Gasteiger partial charge in [0, 0.05) is 17.7 Å². The van der Waals surface area contributed by atoms with E-state index in [1.807, 2.05) is 36.4 Å². The van der Waals surface area contributed by atoms with E-state index in [1.54, 1.807) is 30.5 Å². The third-order valence-corrected chi connectivity index (χ3v) is 5.26. The van der Waals surface area contributed by atoms with Crippen LogP contribution < -0.4 is 32.2 Å². The fourth-order valence-corrected chi connectivity index (χ4v) is 3.63. The minimum atomic E-state index is -0.786. The molecule has 1 aromatic heterocycles. The zero-order valence-corrected chi connectivity index (χ0v) is 18.4. The van der Waals surface area contributed by atoms with Crippen molar-refractivity contribution in [3.05, 3.63) is 76.9 Å². The predicted molar refractivity (Wildman–Crippen MR) is 130 cm³/mol. The number of aromatic nitrogens is 1. The Kier molecular flexibility index (Phi) is 6.61. The van der Waals surface area contributed by atoms with E-state index in [-0.39, 0.29) is 41.4 Å². The van der Waals surface area contributed by atoms with Crippen molar-refractivity contribution in [3.63, 3.8) is 0 Å². The van der Waals surface area contributed by atoms with Crippen molar-refractivity contribution >= 4 is 29.2 Å². The maximum absolute atomic E-state index is 12.4.